The second kappa shape index (κ2) is 9.35. The van der Waals surface area contributed by atoms with Crippen LogP contribution in [0.5, 0.6) is 5.75 Å². The van der Waals surface area contributed by atoms with Gasteiger partial charge in [-0.25, -0.2) is 4.98 Å². The molecule has 2 heterocycles. The van der Waals surface area contributed by atoms with E-state index in [9.17, 15) is 9.59 Å². The SMILES string of the molecule is Cc1ccc(-n2c(SCC(=O)NC3CCOc4ccccc43)nc3ccccc3c2=O)c(C)c1. The molecule has 1 atom stereocenters. The molecule has 34 heavy (non-hydrogen) atoms. The molecule has 0 radical (unpaired) electrons. The van der Waals surface area contributed by atoms with Crippen LogP contribution >= 0.6 is 11.8 Å². The number of carbonyl (C=O) groups is 1. The number of hydrogen-bond donors (Lipinski definition) is 1. The van der Waals surface area contributed by atoms with Crippen LogP contribution in [0.1, 0.15) is 29.2 Å². The first-order valence-electron chi connectivity index (χ1n) is 11.2. The predicted molar refractivity (Wildman–Crippen MR) is 135 cm³/mol. The Bertz CT molecular complexity index is 1450. The minimum absolute atomic E-state index is 0.0934. The number of carbonyl (C=O) groups excluding carboxylic acids is 1. The highest BCUT2D eigenvalue weighted by Gasteiger charge is 2.23. The maximum atomic E-state index is 13.5. The van der Waals surface area contributed by atoms with E-state index < -0.39 is 0 Å². The lowest BCUT2D eigenvalue weighted by Gasteiger charge is -2.26. The quantitative estimate of drug-likeness (QED) is 0.336. The minimum atomic E-state index is -0.140. The molecule has 172 valence electrons. The molecule has 1 aliphatic heterocycles. The molecular weight excluding hydrogens is 446 g/mol. The molecule has 1 aliphatic rings. The molecule has 7 heteroatoms. The van der Waals surface area contributed by atoms with Crippen LogP contribution in [0.25, 0.3) is 16.6 Å². The third-order valence-corrected chi connectivity index (χ3v) is 6.90. The van der Waals surface area contributed by atoms with Crippen LogP contribution in [0, 0.1) is 13.8 Å². The van der Waals surface area contributed by atoms with Gasteiger partial charge in [-0.05, 0) is 43.7 Å². The second-order valence-electron chi connectivity index (χ2n) is 8.43. The Morgan fingerprint density at radius 2 is 1.91 bits per heavy atom. The van der Waals surface area contributed by atoms with Gasteiger partial charge in [-0.15, -0.1) is 0 Å². The lowest BCUT2D eigenvalue weighted by molar-refractivity contribution is -0.119. The zero-order chi connectivity index (χ0) is 23.7. The van der Waals surface area contributed by atoms with Gasteiger partial charge in [-0.3, -0.25) is 14.2 Å². The smallest absolute Gasteiger partial charge is 0.266 e. The first kappa shape index (κ1) is 22.2. The van der Waals surface area contributed by atoms with Gasteiger partial charge in [0, 0.05) is 12.0 Å². The number of amides is 1. The van der Waals surface area contributed by atoms with Gasteiger partial charge in [0.2, 0.25) is 5.91 Å². The lowest BCUT2D eigenvalue weighted by Crippen LogP contribution is -2.33. The summed E-state index contributed by atoms with van der Waals surface area (Å²) in [5.41, 5.74) is 4.34. The molecule has 1 aromatic heterocycles. The normalized spacial score (nSPS) is 14.9. The highest BCUT2D eigenvalue weighted by Crippen LogP contribution is 2.32. The summed E-state index contributed by atoms with van der Waals surface area (Å²) < 4.78 is 7.32. The number of para-hydroxylation sites is 2. The lowest BCUT2D eigenvalue weighted by atomic mass is 10.0. The summed E-state index contributed by atoms with van der Waals surface area (Å²) in [6.07, 6.45) is 0.717. The molecule has 1 N–H and O–H groups in total. The number of thioether (sulfide) groups is 1. The molecule has 4 aromatic rings. The molecule has 1 amide bonds. The highest BCUT2D eigenvalue weighted by molar-refractivity contribution is 7.99. The second-order valence-corrected chi connectivity index (χ2v) is 9.37. The maximum Gasteiger partial charge on any atom is 0.266 e. The van der Waals surface area contributed by atoms with Crippen LogP contribution in [0.15, 0.2) is 76.7 Å². The summed E-state index contributed by atoms with van der Waals surface area (Å²) in [5.74, 6) is 0.850. The third kappa shape index (κ3) is 4.31. The van der Waals surface area contributed by atoms with Crippen molar-refractivity contribution in [2.24, 2.45) is 0 Å². The van der Waals surface area contributed by atoms with Crippen molar-refractivity contribution < 1.29 is 9.53 Å². The molecule has 0 saturated heterocycles. The number of aryl methyl sites for hydroxylation is 2. The average molecular weight is 472 g/mol. The molecule has 6 nitrogen and oxygen atoms in total. The number of ether oxygens (including phenoxy) is 1. The van der Waals surface area contributed by atoms with Crippen molar-refractivity contribution >= 4 is 28.6 Å². The van der Waals surface area contributed by atoms with Crippen molar-refractivity contribution in [1.82, 2.24) is 14.9 Å². The minimum Gasteiger partial charge on any atom is -0.493 e. The number of fused-ring (bicyclic) bond motifs is 2. The summed E-state index contributed by atoms with van der Waals surface area (Å²) in [5, 5.41) is 4.17. The van der Waals surface area contributed by atoms with Crippen molar-refractivity contribution in [2.75, 3.05) is 12.4 Å². The Morgan fingerprint density at radius 1 is 1.12 bits per heavy atom. The molecule has 0 bridgehead atoms. The third-order valence-electron chi connectivity index (χ3n) is 5.96. The van der Waals surface area contributed by atoms with E-state index in [2.05, 4.69) is 5.32 Å². The van der Waals surface area contributed by atoms with Gasteiger partial charge in [0.05, 0.1) is 35.0 Å². The van der Waals surface area contributed by atoms with E-state index >= 15 is 0 Å². The van der Waals surface area contributed by atoms with Gasteiger partial charge in [0.15, 0.2) is 5.16 Å². The summed E-state index contributed by atoms with van der Waals surface area (Å²) >= 11 is 1.27. The Hall–Kier alpha value is -3.58. The zero-order valence-corrected chi connectivity index (χ0v) is 19.9. The average Bonchev–Trinajstić information content (AvgIpc) is 2.84. The van der Waals surface area contributed by atoms with Crippen molar-refractivity contribution in [3.05, 3.63) is 93.8 Å². The highest BCUT2D eigenvalue weighted by atomic mass is 32.2. The predicted octanol–water partition coefficient (Wildman–Crippen LogP) is 4.73. The fourth-order valence-electron chi connectivity index (χ4n) is 4.34. The molecular formula is C27H25N3O3S. The van der Waals surface area contributed by atoms with Crippen LogP contribution in [0.3, 0.4) is 0 Å². The Morgan fingerprint density at radius 3 is 2.76 bits per heavy atom. The molecule has 0 aliphatic carbocycles. The van der Waals surface area contributed by atoms with Crippen LogP contribution in [0.4, 0.5) is 0 Å². The van der Waals surface area contributed by atoms with Crippen molar-refractivity contribution in [1.29, 1.82) is 0 Å². The summed E-state index contributed by atoms with van der Waals surface area (Å²) in [4.78, 5) is 31.2. The van der Waals surface area contributed by atoms with E-state index in [1.54, 1.807) is 10.6 Å². The van der Waals surface area contributed by atoms with E-state index in [1.807, 2.05) is 74.5 Å². The van der Waals surface area contributed by atoms with E-state index in [-0.39, 0.29) is 23.3 Å². The van der Waals surface area contributed by atoms with E-state index in [4.69, 9.17) is 9.72 Å². The van der Waals surface area contributed by atoms with Crippen molar-refractivity contribution in [2.45, 2.75) is 31.5 Å². The van der Waals surface area contributed by atoms with E-state index in [1.165, 1.54) is 11.8 Å². The van der Waals surface area contributed by atoms with Crippen molar-refractivity contribution in [3.63, 3.8) is 0 Å². The maximum absolute atomic E-state index is 13.5. The van der Waals surface area contributed by atoms with Gasteiger partial charge < -0.3 is 10.1 Å². The standard InChI is InChI=1S/C27H25N3O3S/c1-17-11-12-23(18(2)15-17)30-26(32)20-8-3-5-9-21(20)29-27(30)34-16-25(31)28-22-13-14-33-24-10-6-4-7-19(22)24/h3-12,15,22H,13-14,16H2,1-2H3,(H,28,31). The fraction of sp³-hybridized carbons (Fsp3) is 0.222. The topological polar surface area (TPSA) is 73.2 Å². The Balaban J connectivity index is 1.45. The molecule has 0 spiro atoms. The van der Waals surface area contributed by atoms with Gasteiger partial charge in [0.1, 0.15) is 5.75 Å². The zero-order valence-electron chi connectivity index (χ0n) is 19.1. The van der Waals surface area contributed by atoms with E-state index in [0.29, 0.717) is 22.7 Å². The molecule has 0 saturated carbocycles. The molecule has 5 rings (SSSR count). The largest absolute Gasteiger partial charge is 0.493 e. The van der Waals surface area contributed by atoms with Gasteiger partial charge in [0.25, 0.3) is 5.56 Å². The van der Waals surface area contributed by atoms with Crippen LogP contribution < -0.4 is 15.6 Å². The Kier molecular flexibility index (Phi) is 6.11. The number of hydrogen-bond acceptors (Lipinski definition) is 5. The van der Waals surface area contributed by atoms with Gasteiger partial charge >= 0.3 is 0 Å². The van der Waals surface area contributed by atoms with Crippen LogP contribution in [0.2, 0.25) is 0 Å². The first-order valence-corrected chi connectivity index (χ1v) is 12.2. The molecule has 1 unspecified atom stereocenters. The number of aromatic nitrogens is 2. The van der Waals surface area contributed by atoms with Crippen LogP contribution in [-0.4, -0.2) is 27.8 Å². The molecule has 3 aromatic carbocycles. The van der Waals surface area contributed by atoms with Crippen molar-refractivity contribution in [3.8, 4) is 11.4 Å². The van der Waals surface area contributed by atoms with Gasteiger partial charge in [-0.1, -0.05) is 59.8 Å². The monoisotopic (exact) mass is 471 g/mol. The summed E-state index contributed by atoms with van der Waals surface area (Å²) in [6, 6.07) is 21.0. The number of rotatable bonds is 5. The van der Waals surface area contributed by atoms with Gasteiger partial charge in [-0.2, -0.15) is 0 Å². The van der Waals surface area contributed by atoms with E-state index in [0.717, 1.165) is 34.5 Å². The number of benzene rings is 3. The number of nitrogens with one attached hydrogen (secondary N) is 1. The molecule has 0 fully saturated rings. The number of nitrogens with zero attached hydrogens (tertiary/aromatic N) is 2. The summed E-state index contributed by atoms with van der Waals surface area (Å²) in [6.45, 7) is 4.56. The first-order chi connectivity index (χ1) is 16.5. The Labute approximate surface area is 202 Å². The van der Waals surface area contributed by atoms with Crippen LogP contribution in [-0.2, 0) is 4.79 Å². The summed E-state index contributed by atoms with van der Waals surface area (Å²) in [7, 11) is 0. The fourth-order valence-corrected chi connectivity index (χ4v) is 5.15.